The number of ether oxygens (including phenoxy) is 1. The van der Waals surface area contributed by atoms with Crippen LogP contribution in [0, 0.1) is 5.41 Å². The van der Waals surface area contributed by atoms with Crippen molar-refractivity contribution >= 4 is 5.91 Å². The second kappa shape index (κ2) is 6.96. The largest absolute Gasteiger partial charge is 0.416 e. The van der Waals surface area contributed by atoms with Crippen molar-refractivity contribution in [1.29, 1.82) is 0 Å². The number of carbonyl (C=O) groups excluding carboxylic acids is 1. The van der Waals surface area contributed by atoms with E-state index in [1.807, 2.05) is 13.8 Å². The molecule has 0 bridgehead atoms. The summed E-state index contributed by atoms with van der Waals surface area (Å²) in [4.78, 5) is 14.1. The summed E-state index contributed by atoms with van der Waals surface area (Å²) in [5.74, 6) is -0.244. The summed E-state index contributed by atoms with van der Waals surface area (Å²) in [5, 5.41) is 10.7. The van der Waals surface area contributed by atoms with E-state index in [2.05, 4.69) is 0 Å². The van der Waals surface area contributed by atoms with Crippen molar-refractivity contribution in [2.24, 2.45) is 5.41 Å². The lowest BCUT2D eigenvalue weighted by molar-refractivity contribution is -0.163. The fourth-order valence-electron chi connectivity index (χ4n) is 3.22. The van der Waals surface area contributed by atoms with Crippen LogP contribution >= 0.6 is 0 Å². The van der Waals surface area contributed by atoms with Gasteiger partial charge in [0.25, 0.3) is 0 Å². The third kappa shape index (κ3) is 4.33. The highest BCUT2D eigenvalue weighted by Gasteiger charge is 2.48. The van der Waals surface area contributed by atoms with Crippen molar-refractivity contribution in [3.05, 3.63) is 35.4 Å². The van der Waals surface area contributed by atoms with Crippen molar-refractivity contribution in [3.8, 4) is 0 Å². The predicted octanol–water partition coefficient (Wildman–Crippen LogP) is 2.88. The number of likely N-dealkylation sites (tertiary alicyclic amines) is 1. The average molecular weight is 359 g/mol. The van der Waals surface area contributed by atoms with Gasteiger partial charge in [0, 0.05) is 25.6 Å². The Balaban J connectivity index is 2.08. The number of amides is 1. The minimum atomic E-state index is -4.43. The summed E-state index contributed by atoms with van der Waals surface area (Å²) in [6.07, 6.45) is -4.16. The van der Waals surface area contributed by atoms with Crippen molar-refractivity contribution in [2.75, 3.05) is 26.8 Å². The molecule has 0 spiro atoms. The molecule has 1 aromatic carbocycles. The van der Waals surface area contributed by atoms with E-state index in [0.29, 0.717) is 25.1 Å². The topological polar surface area (TPSA) is 49.8 Å². The second-order valence-electron chi connectivity index (χ2n) is 7.29. The van der Waals surface area contributed by atoms with Crippen LogP contribution in [-0.2, 0) is 22.1 Å². The van der Waals surface area contributed by atoms with Gasteiger partial charge < -0.3 is 14.7 Å². The lowest BCUT2D eigenvalue weighted by Crippen LogP contribution is -2.60. The first-order valence-corrected chi connectivity index (χ1v) is 8.14. The van der Waals surface area contributed by atoms with Gasteiger partial charge in [-0.1, -0.05) is 32.0 Å². The van der Waals surface area contributed by atoms with Crippen molar-refractivity contribution in [1.82, 2.24) is 4.90 Å². The zero-order valence-electron chi connectivity index (χ0n) is 14.7. The number of piperidine rings is 1. The molecule has 4 nitrogen and oxygen atoms in total. The molecule has 1 amide bonds. The fraction of sp³-hybridized carbons (Fsp3) is 0.611. The Labute approximate surface area is 145 Å². The standard InChI is InChI=1S/C18H24F3NO3/c1-16(2)11-22(8-7-17(16,24)12-25-3)15(23)10-13-5-4-6-14(9-13)18(19,20)21/h4-6,9,24H,7-8,10-12H2,1-3H3/t17-/m1/s1. The molecule has 0 aliphatic carbocycles. The fourth-order valence-corrected chi connectivity index (χ4v) is 3.22. The van der Waals surface area contributed by atoms with Crippen LogP contribution in [0.4, 0.5) is 13.2 Å². The van der Waals surface area contributed by atoms with Crippen LogP contribution in [0.2, 0.25) is 0 Å². The van der Waals surface area contributed by atoms with Crippen LogP contribution in [0.1, 0.15) is 31.4 Å². The van der Waals surface area contributed by atoms with Crippen LogP contribution < -0.4 is 0 Å². The maximum Gasteiger partial charge on any atom is 0.416 e. The Morgan fingerprint density at radius 1 is 1.36 bits per heavy atom. The van der Waals surface area contributed by atoms with E-state index < -0.39 is 22.8 Å². The van der Waals surface area contributed by atoms with Gasteiger partial charge >= 0.3 is 6.18 Å². The van der Waals surface area contributed by atoms with E-state index in [1.54, 1.807) is 4.90 Å². The van der Waals surface area contributed by atoms with E-state index in [9.17, 15) is 23.1 Å². The minimum absolute atomic E-state index is 0.0945. The molecular formula is C18H24F3NO3. The first kappa shape index (κ1) is 19.7. The van der Waals surface area contributed by atoms with Gasteiger partial charge in [-0.05, 0) is 18.1 Å². The Bertz CT molecular complexity index is 630. The molecule has 2 rings (SSSR count). The number of methoxy groups -OCH3 is 1. The van der Waals surface area contributed by atoms with Crippen LogP contribution in [0.5, 0.6) is 0 Å². The molecule has 1 aliphatic heterocycles. The lowest BCUT2D eigenvalue weighted by atomic mass is 9.70. The monoisotopic (exact) mass is 359 g/mol. The number of hydrogen-bond donors (Lipinski definition) is 1. The number of halogens is 3. The molecule has 0 aromatic heterocycles. The smallest absolute Gasteiger partial charge is 0.387 e. The Morgan fingerprint density at radius 2 is 2.04 bits per heavy atom. The summed E-state index contributed by atoms with van der Waals surface area (Å²) >= 11 is 0. The average Bonchev–Trinajstić information content (AvgIpc) is 2.50. The normalized spacial score (nSPS) is 23.6. The highest BCUT2D eigenvalue weighted by Crippen LogP contribution is 2.39. The highest BCUT2D eigenvalue weighted by atomic mass is 19.4. The zero-order valence-corrected chi connectivity index (χ0v) is 14.7. The van der Waals surface area contributed by atoms with E-state index in [4.69, 9.17) is 4.74 Å². The molecular weight excluding hydrogens is 335 g/mol. The van der Waals surface area contributed by atoms with Crippen molar-refractivity contribution < 1.29 is 27.8 Å². The Hall–Kier alpha value is -1.60. The molecule has 7 heteroatoms. The number of rotatable bonds is 4. The van der Waals surface area contributed by atoms with Crippen LogP contribution in [-0.4, -0.2) is 48.3 Å². The maximum absolute atomic E-state index is 12.8. The molecule has 0 unspecified atom stereocenters. The second-order valence-corrected chi connectivity index (χ2v) is 7.29. The molecule has 1 N–H and O–H groups in total. The molecule has 1 saturated heterocycles. The number of hydrogen-bond acceptors (Lipinski definition) is 3. The van der Waals surface area contributed by atoms with Gasteiger partial charge in [0.2, 0.25) is 5.91 Å². The number of carbonyl (C=O) groups is 1. The highest BCUT2D eigenvalue weighted by molar-refractivity contribution is 5.79. The van der Waals surface area contributed by atoms with E-state index in [1.165, 1.54) is 19.2 Å². The summed E-state index contributed by atoms with van der Waals surface area (Å²) < 4.78 is 43.5. The minimum Gasteiger partial charge on any atom is -0.387 e. The first-order chi connectivity index (χ1) is 11.5. The maximum atomic E-state index is 12.8. The van der Waals surface area contributed by atoms with E-state index in [-0.39, 0.29) is 18.9 Å². The molecule has 1 aliphatic rings. The van der Waals surface area contributed by atoms with Crippen LogP contribution in [0.25, 0.3) is 0 Å². The van der Waals surface area contributed by atoms with Crippen LogP contribution in [0.15, 0.2) is 24.3 Å². The van der Waals surface area contributed by atoms with Gasteiger partial charge in [0.15, 0.2) is 0 Å². The predicted molar refractivity (Wildman–Crippen MR) is 87.0 cm³/mol. The molecule has 1 aromatic rings. The number of aliphatic hydroxyl groups is 1. The summed E-state index contributed by atoms with van der Waals surface area (Å²) in [6.45, 7) is 4.56. The van der Waals surface area contributed by atoms with E-state index in [0.717, 1.165) is 12.1 Å². The quantitative estimate of drug-likeness (QED) is 0.899. The van der Waals surface area contributed by atoms with Gasteiger partial charge in [-0.15, -0.1) is 0 Å². The molecule has 1 heterocycles. The summed E-state index contributed by atoms with van der Waals surface area (Å²) in [5.41, 5.74) is -2.04. The third-order valence-corrected chi connectivity index (χ3v) is 4.99. The summed E-state index contributed by atoms with van der Waals surface area (Å²) in [7, 11) is 1.51. The van der Waals surface area contributed by atoms with Gasteiger partial charge in [0.05, 0.1) is 24.2 Å². The van der Waals surface area contributed by atoms with Gasteiger partial charge in [-0.25, -0.2) is 0 Å². The number of nitrogens with zero attached hydrogens (tertiary/aromatic N) is 1. The number of benzene rings is 1. The van der Waals surface area contributed by atoms with Gasteiger partial charge in [-0.2, -0.15) is 13.2 Å². The van der Waals surface area contributed by atoms with Crippen molar-refractivity contribution in [3.63, 3.8) is 0 Å². The Morgan fingerprint density at radius 3 is 2.60 bits per heavy atom. The van der Waals surface area contributed by atoms with Crippen molar-refractivity contribution in [2.45, 2.75) is 38.5 Å². The van der Waals surface area contributed by atoms with Gasteiger partial charge in [0.1, 0.15) is 0 Å². The third-order valence-electron chi connectivity index (χ3n) is 4.99. The Kier molecular flexibility index (Phi) is 5.49. The first-order valence-electron chi connectivity index (χ1n) is 8.14. The van der Waals surface area contributed by atoms with Gasteiger partial charge in [-0.3, -0.25) is 4.79 Å². The SMILES string of the molecule is COC[C@]1(O)CCN(C(=O)Cc2cccc(C(F)(F)F)c2)CC1(C)C. The summed E-state index contributed by atoms with van der Waals surface area (Å²) in [6, 6.07) is 4.82. The molecule has 1 fully saturated rings. The molecule has 0 saturated carbocycles. The molecule has 25 heavy (non-hydrogen) atoms. The van der Waals surface area contributed by atoms with Crippen LogP contribution in [0.3, 0.4) is 0 Å². The molecule has 1 atom stereocenters. The zero-order chi connectivity index (χ0) is 18.9. The number of alkyl halides is 3. The molecule has 140 valence electrons. The molecule has 0 radical (unpaired) electrons. The van der Waals surface area contributed by atoms with E-state index >= 15 is 0 Å². The lowest BCUT2D eigenvalue weighted by Gasteiger charge is -2.50.